The van der Waals surface area contributed by atoms with E-state index in [9.17, 15) is 9.59 Å². The zero-order valence-corrected chi connectivity index (χ0v) is 14.2. The Bertz CT molecular complexity index is 753. The number of nitrogens with zero attached hydrogens (tertiary/aromatic N) is 2. The zero-order chi connectivity index (χ0) is 15.6. The third-order valence-electron chi connectivity index (χ3n) is 3.16. The van der Waals surface area contributed by atoms with Gasteiger partial charge in [-0.05, 0) is 54.1 Å². The molecular weight excluding hydrogens is 383 g/mol. The fourth-order valence-electron chi connectivity index (χ4n) is 1.99. The molecule has 5 nitrogen and oxygen atoms in total. The van der Waals surface area contributed by atoms with E-state index in [0.717, 1.165) is 5.56 Å². The molecule has 0 fully saturated rings. The van der Waals surface area contributed by atoms with Crippen molar-refractivity contribution in [1.82, 2.24) is 9.55 Å². The second kappa shape index (κ2) is 6.38. The van der Waals surface area contributed by atoms with Crippen LogP contribution >= 0.6 is 22.6 Å². The zero-order valence-electron chi connectivity index (χ0n) is 12.0. The maximum atomic E-state index is 12.5. The van der Waals surface area contributed by atoms with Crippen LogP contribution < -0.4 is 10.3 Å². The number of carbonyl (C=O) groups is 1. The summed E-state index contributed by atoms with van der Waals surface area (Å²) in [6.45, 7) is 3.58. The third-order valence-corrected chi connectivity index (χ3v) is 3.90. The number of ether oxygens (including phenoxy) is 1. The summed E-state index contributed by atoms with van der Waals surface area (Å²) in [4.78, 5) is 28.7. The van der Waals surface area contributed by atoms with Crippen molar-refractivity contribution >= 4 is 28.4 Å². The lowest BCUT2D eigenvalue weighted by Gasteiger charge is -2.11. The molecule has 6 heteroatoms. The van der Waals surface area contributed by atoms with Gasteiger partial charge in [0, 0.05) is 6.20 Å². The molecule has 0 aliphatic rings. The topological polar surface area (TPSA) is 61.2 Å². The van der Waals surface area contributed by atoms with Crippen molar-refractivity contribution in [3.05, 3.63) is 55.3 Å². The van der Waals surface area contributed by atoms with E-state index in [1.54, 1.807) is 19.1 Å². The Kier molecular flexibility index (Phi) is 4.76. The van der Waals surface area contributed by atoms with Crippen molar-refractivity contribution < 1.29 is 9.53 Å². The van der Waals surface area contributed by atoms with Gasteiger partial charge in [0.1, 0.15) is 11.6 Å². The molecule has 0 aliphatic heterocycles. The molecule has 0 unspecified atom stereocenters. The van der Waals surface area contributed by atoms with Gasteiger partial charge in [0.25, 0.3) is 5.56 Å². The number of methoxy groups -OCH3 is 1. The lowest BCUT2D eigenvalue weighted by Crippen LogP contribution is -2.29. The smallest absolute Gasteiger partial charge is 0.267 e. The summed E-state index contributed by atoms with van der Waals surface area (Å²) in [7, 11) is 1.52. The maximum absolute atomic E-state index is 12.5. The SMILES string of the molecule is COc1cc(C)ccc1C(=O)Cn1c(C)ncc(I)c1=O. The van der Waals surface area contributed by atoms with E-state index in [1.807, 2.05) is 35.6 Å². The van der Waals surface area contributed by atoms with Gasteiger partial charge in [-0.1, -0.05) is 6.07 Å². The Morgan fingerprint density at radius 1 is 1.38 bits per heavy atom. The molecule has 0 radical (unpaired) electrons. The molecule has 2 rings (SSSR count). The van der Waals surface area contributed by atoms with Gasteiger partial charge in [0.2, 0.25) is 0 Å². The average Bonchev–Trinajstić information content (AvgIpc) is 2.47. The van der Waals surface area contributed by atoms with Crippen molar-refractivity contribution in [3.63, 3.8) is 0 Å². The van der Waals surface area contributed by atoms with E-state index in [1.165, 1.54) is 17.9 Å². The summed E-state index contributed by atoms with van der Waals surface area (Å²) in [6.07, 6.45) is 1.51. The number of ketones is 1. The minimum absolute atomic E-state index is 0.0477. The fraction of sp³-hybridized carbons (Fsp3) is 0.267. The first-order valence-corrected chi connectivity index (χ1v) is 7.41. The normalized spacial score (nSPS) is 10.5. The van der Waals surface area contributed by atoms with Crippen molar-refractivity contribution in [3.8, 4) is 5.75 Å². The second-order valence-electron chi connectivity index (χ2n) is 4.67. The lowest BCUT2D eigenvalue weighted by atomic mass is 10.1. The van der Waals surface area contributed by atoms with Gasteiger partial charge in [-0.25, -0.2) is 4.98 Å². The summed E-state index contributed by atoms with van der Waals surface area (Å²) >= 11 is 1.91. The standard InChI is InChI=1S/C15H15IN2O3/c1-9-4-5-11(14(6-9)21-3)13(19)8-18-10(2)17-7-12(16)15(18)20/h4-7H,8H2,1-3H3. The Balaban J connectivity index is 2.40. The van der Waals surface area contributed by atoms with Gasteiger partial charge in [-0.15, -0.1) is 0 Å². The van der Waals surface area contributed by atoms with Crippen molar-refractivity contribution in [1.29, 1.82) is 0 Å². The Morgan fingerprint density at radius 3 is 2.76 bits per heavy atom. The lowest BCUT2D eigenvalue weighted by molar-refractivity contribution is 0.0966. The van der Waals surface area contributed by atoms with Gasteiger partial charge >= 0.3 is 0 Å². The van der Waals surface area contributed by atoms with Crippen molar-refractivity contribution in [2.45, 2.75) is 20.4 Å². The molecule has 0 aliphatic carbocycles. The number of benzene rings is 1. The quantitative estimate of drug-likeness (QED) is 0.586. The molecule has 21 heavy (non-hydrogen) atoms. The van der Waals surface area contributed by atoms with E-state index >= 15 is 0 Å². The Hall–Kier alpha value is -1.70. The van der Waals surface area contributed by atoms with E-state index in [4.69, 9.17) is 4.74 Å². The Morgan fingerprint density at radius 2 is 2.10 bits per heavy atom. The minimum Gasteiger partial charge on any atom is -0.496 e. The van der Waals surface area contributed by atoms with E-state index < -0.39 is 0 Å². The van der Waals surface area contributed by atoms with Crippen LogP contribution in [0.3, 0.4) is 0 Å². The van der Waals surface area contributed by atoms with E-state index in [-0.39, 0.29) is 17.9 Å². The highest BCUT2D eigenvalue weighted by Gasteiger charge is 2.15. The first-order valence-electron chi connectivity index (χ1n) is 6.34. The number of hydrogen-bond donors (Lipinski definition) is 0. The average molecular weight is 398 g/mol. The maximum Gasteiger partial charge on any atom is 0.267 e. The van der Waals surface area contributed by atoms with E-state index in [0.29, 0.717) is 20.7 Å². The van der Waals surface area contributed by atoms with Crippen LogP contribution in [0.5, 0.6) is 5.75 Å². The number of carbonyl (C=O) groups excluding carboxylic acids is 1. The van der Waals surface area contributed by atoms with Gasteiger partial charge in [-0.3, -0.25) is 14.2 Å². The first-order chi connectivity index (χ1) is 9.93. The summed E-state index contributed by atoms with van der Waals surface area (Å²) < 4.78 is 7.11. The molecule has 1 aromatic heterocycles. The van der Waals surface area contributed by atoms with Gasteiger partial charge < -0.3 is 4.74 Å². The molecule has 0 spiro atoms. The van der Waals surface area contributed by atoms with Crippen molar-refractivity contribution in [2.24, 2.45) is 0 Å². The molecule has 0 bridgehead atoms. The van der Waals surface area contributed by atoms with Crippen LogP contribution in [0, 0.1) is 17.4 Å². The monoisotopic (exact) mass is 398 g/mol. The third kappa shape index (κ3) is 3.31. The molecule has 0 saturated heterocycles. The van der Waals surface area contributed by atoms with Gasteiger partial charge in [-0.2, -0.15) is 0 Å². The molecular formula is C15H15IN2O3. The Labute approximate surface area is 136 Å². The summed E-state index contributed by atoms with van der Waals surface area (Å²) in [6, 6.07) is 5.37. The highest BCUT2D eigenvalue weighted by molar-refractivity contribution is 14.1. The van der Waals surface area contributed by atoms with Crippen LogP contribution in [0.1, 0.15) is 21.7 Å². The highest BCUT2D eigenvalue weighted by atomic mass is 127. The first kappa shape index (κ1) is 15.7. The molecule has 110 valence electrons. The molecule has 1 heterocycles. The van der Waals surface area contributed by atoms with E-state index in [2.05, 4.69) is 4.98 Å². The molecule has 1 aromatic carbocycles. The van der Waals surface area contributed by atoms with Crippen LogP contribution in [0.15, 0.2) is 29.2 Å². The van der Waals surface area contributed by atoms with Gasteiger partial charge in [0.15, 0.2) is 5.78 Å². The number of halogens is 1. The summed E-state index contributed by atoms with van der Waals surface area (Å²) in [5.74, 6) is 0.852. The van der Waals surface area contributed by atoms with Crippen molar-refractivity contribution in [2.75, 3.05) is 7.11 Å². The molecule has 0 atom stereocenters. The fourth-order valence-corrected chi connectivity index (χ4v) is 2.43. The van der Waals surface area contributed by atoms with Crippen LogP contribution in [-0.4, -0.2) is 22.4 Å². The van der Waals surface area contributed by atoms with Crippen LogP contribution in [0.4, 0.5) is 0 Å². The van der Waals surface area contributed by atoms with Gasteiger partial charge in [0.05, 0.1) is 22.8 Å². The number of aromatic nitrogens is 2. The number of Topliss-reactive ketones (excluding diaryl/α,β-unsaturated/α-hetero) is 1. The minimum atomic E-state index is -0.206. The molecule has 0 amide bonds. The predicted octanol–water partition coefficient (Wildman–Crippen LogP) is 2.36. The van der Waals surface area contributed by atoms with Crippen LogP contribution in [0.2, 0.25) is 0 Å². The highest BCUT2D eigenvalue weighted by Crippen LogP contribution is 2.20. The molecule has 0 saturated carbocycles. The van der Waals surface area contributed by atoms with Crippen LogP contribution in [0.25, 0.3) is 0 Å². The summed E-state index contributed by atoms with van der Waals surface area (Å²) in [5.41, 5.74) is 1.27. The number of rotatable bonds is 4. The van der Waals surface area contributed by atoms with Crippen LogP contribution in [-0.2, 0) is 6.54 Å². The largest absolute Gasteiger partial charge is 0.496 e. The second-order valence-corrected chi connectivity index (χ2v) is 5.83. The number of hydrogen-bond acceptors (Lipinski definition) is 4. The molecule has 2 aromatic rings. The number of aryl methyl sites for hydroxylation is 2. The predicted molar refractivity (Wildman–Crippen MR) is 88.0 cm³/mol. The molecule has 0 N–H and O–H groups in total. The summed E-state index contributed by atoms with van der Waals surface area (Å²) in [5, 5.41) is 0.